The molecule has 1 aliphatic rings. The van der Waals surface area contributed by atoms with Gasteiger partial charge in [0.1, 0.15) is 5.76 Å². The van der Waals surface area contributed by atoms with Crippen molar-refractivity contribution in [1.29, 1.82) is 0 Å². The van der Waals surface area contributed by atoms with Crippen LogP contribution in [-0.4, -0.2) is 40.1 Å². The third-order valence-corrected chi connectivity index (χ3v) is 5.23. The van der Waals surface area contributed by atoms with Crippen molar-refractivity contribution in [2.75, 3.05) is 11.9 Å². The van der Waals surface area contributed by atoms with Gasteiger partial charge in [-0.25, -0.2) is 4.79 Å². The third kappa shape index (κ3) is 5.17. The number of imide groups is 1. The van der Waals surface area contributed by atoms with Crippen molar-refractivity contribution in [2.24, 2.45) is 0 Å². The van der Waals surface area contributed by atoms with Crippen molar-refractivity contribution >= 4 is 35.1 Å². The van der Waals surface area contributed by atoms with Gasteiger partial charge in [-0.15, -0.1) is 0 Å². The molecule has 37 heavy (non-hydrogen) atoms. The monoisotopic (exact) mass is 517 g/mol. The van der Waals surface area contributed by atoms with E-state index in [-0.39, 0.29) is 29.3 Å². The topological polar surface area (TPSA) is 149 Å². The Balaban J connectivity index is 1.42. The van der Waals surface area contributed by atoms with Crippen LogP contribution in [0.1, 0.15) is 42.4 Å². The van der Waals surface area contributed by atoms with Gasteiger partial charge < -0.3 is 14.5 Å². The molecular formula is C23H14F3N3O8. The Labute approximate surface area is 204 Å². The summed E-state index contributed by atoms with van der Waals surface area (Å²) in [6, 6.07) is 8.44. The summed E-state index contributed by atoms with van der Waals surface area (Å²) < 4.78 is 49.7. The Morgan fingerprint density at radius 2 is 1.78 bits per heavy atom. The maximum absolute atomic E-state index is 13.3. The number of nitrogens with one attached hydrogen (secondary N) is 1. The van der Waals surface area contributed by atoms with Crippen LogP contribution in [0.5, 0.6) is 0 Å². The average molecular weight is 517 g/mol. The lowest BCUT2D eigenvalue weighted by Gasteiger charge is -2.13. The minimum absolute atomic E-state index is 0.0451. The molecule has 0 fully saturated rings. The molecule has 2 heterocycles. The molecule has 3 amide bonds. The van der Waals surface area contributed by atoms with Gasteiger partial charge in [0.25, 0.3) is 23.4 Å². The maximum atomic E-state index is 13.3. The number of non-ortho nitro benzene ring substituents is 1. The highest BCUT2D eigenvalue weighted by Crippen LogP contribution is 2.37. The van der Waals surface area contributed by atoms with Crippen LogP contribution < -0.4 is 5.32 Å². The second-order valence-electron chi connectivity index (χ2n) is 7.65. The Bertz CT molecular complexity index is 1430. The van der Waals surface area contributed by atoms with Gasteiger partial charge >= 0.3 is 12.1 Å². The van der Waals surface area contributed by atoms with Crippen molar-refractivity contribution in [1.82, 2.24) is 4.90 Å². The summed E-state index contributed by atoms with van der Waals surface area (Å²) in [6.07, 6.45) is -3.63. The van der Waals surface area contributed by atoms with Crippen molar-refractivity contribution < 1.29 is 46.4 Å². The SMILES string of the molecule is O=C(COC(=O)c1ccc2c(c1)C(=O)N(Cc1ccco1)C2=O)Nc1ccc([N+](=O)[O-])cc1C(F)(F)F. The van der Waals surface area contributed by atoms with E-state index in [9.17, 15) is 42.5 Å². The third-order valence-electron chi connectivity index (χ3n) is 5.23. The van der Waals surface area contributed by atoms with E-state index in [4.69, 9.17) is 9.15 Å². The van der Waals surface area contributed by atoms with Crippen LogP contribution in [0.25, 0.3) is 0 Å². The highest BCUT2D eigenvalue weighted by molar-refractivity contribution is 6.21. The van der Waals surface area contributed by atoms with Crippen LogP contribution >= 0.6 is 0 Å². The predicted octanol–water partition coefficient (Wildman–Crippen LogP) is 3.80. The van der Waals surface area contributed by atoms with E-state index >= 15 is 0 Å². The Morgan fingerprint density at radius 1 is 1.05 bits per heavy atom. The molecule has 190 valence electrons. The Morgan fingerprint density at radius 3 is 2.43 bits per heavy atom. The summed E-state index contributed by atoms with van der Waals surface area (Å²) >= 11 is 0. The second-order valence-corrected chi connectivity index (χ2v) is 7.65. The van der Waals surface area contributed by atoms with E-state index in [0.717, 1.165) is 17.0 Å². The molecule has 0 aliphatic carbocycles. The van der Waals surface area contributed by atoms with E-state index in [2.05, 4.69) is 0 Å². The number of rotatable bonds is 7. The Kier molecular flexibility index (Phi) is 6.49. The van der Waals surface area contributed by atoms with Gasteiger partial charge in [0.05, 0.1) is 45.7 Å². The number of nitrogens with zero attached hydrogens (tertiary/aromatic N) is 2. The standard InChI is InChI=1S/C23H14F3N3O8/c24-23(25,26)17-9-13(29(34)35)4-6-18(17)27-19(30)11-37-22(33)12-3-5-15-16(8-12)21(32)28(20(15)31)10-14-2-1-7-36-14/h1-9H,10-11H2,(H,27,30). The first-order valence-corrected chi connectivity index (χ1v) is 10.3. The number of benzene rings is 2. The number of alkyl halides is 3. The van der Waals surface area contributed by atoms with E-state index < -0.39 is 58.3 Å². The molecule has 4 rings (SSSR count). The van der Waals surface area contributed by atoms with Crippen molar-refractivity contribution in [3.63, 3.8) is 0 Å². The fourth-order valence-electron chi connectivity index (χ4n) is 3.51. The van der Waals surface area contributed by atoms with Gasteiger partial charge in [-0.3, -0.25) is 29.4 Å². The first-order valence-electron chi connectivity index (χ1n) is 10.3. The lowest BCUT2D eigenvalue weighted by molar-refractivity contribution is -0.385. The molecule has 1 N–H and O–H groups in total. The fourth-order valence-corrected chi connectivity index (χ4v) is 3.51. The zero-order valence-electron chi connectivity index (χ0n) is 18.4. The van der Waals surface area contributed by atoms with Gasteiger partial charge in [0.2, 0.25) is 0 Å². The highest BCUT2D eigenvalue weighted by Gasteiger charge is 2.37. The summed E-state index contributed by atoms with van der Waals surface area (Å²) in [4.78, 5) is 60.4. The summed E-state index contributed by atoms with van der Waals surface area (Å²) in [5.74, 6) is -3.14. The van der Waals surface area contributed by atoms with Gasteiger partial charge in [0.15, 0.2) is 6.61 Å². The fraction of sp³-hybridized carbons (Fsp3) is 0.130. The highest BCUT2D eigenvalue weighted by atomic mass is 19.4. The molecule has 0 unspecified atom stereocenters. The van der Waals surface area contributed by atoms with Crippen molar-refractivity contribution in [2.45, 2.75) is 12.7 Å². The van der Waals surface area contributed by atoms with Crippen LogP contribution in [0.4, 0.5) is 24.5 Å². The zero-order chi connectivity index (χ0) is 26.9. The summed E-state index contributed by atoms with van der Waals surface area (Å²) in [7, 11) is 0. The number of hydrogen-bond donors (Lipinski definition) is 1. The lowest BCUT2D eigenvalue weighted by atomic mass is 10.1. The molecule has 0 bridgehead atoms. The minimum atomic E-state index is -5.01. The number of nitro groups is 1. The maximum Gasteiger partial charge on any atom is 0.418 e. The van der Waals surface area contributed by atoms with E-state index in [0.29, 0.717) is 11.8 Å². The van der Waals surface area contributed by atoms with E-state index in [1.165, 1.54) is 18.4 Å². The quantitative estimate of drug-likeness (QED) is 0.215. The van der Waals surface area contributed by atoms with Crippen molar-refractivity contribution in [3.05, 3.63) is 92.9 Å². The molecule has 0 saturated carbocycles. The predicted molar refractivity (Wildman–Crippen MR) is 116 cm³/mol. The van der Waals surface area contributed by atoms with Gasteiger partial charge in [-0.1, -0.05) is 0 Å². The first-order chi connectivity index (χ1) is 17.5. The molecule has 1 aromatic heterocycles. The summed E-state index contributed by atoms with van der Waals surface area (Å²) in [6.45, 7) is -1.12. The van der Waals surface area contributed by atoms with Crippen LogP contribution in [0.3, 0.4) is 0 Å². The number of carbonyl (C=O) groups excluding carboxylic acids is 4. The van der Waals surface area contributed by atoms with Crippen LogP contribution in [-0.2, 0) is 22.3 Å². The number of fused-ring (bicyclic) bond motifs is 1. The van der Waals surface area contributed by atoms with E-state index in [1.807, 2.05) is 5.32 Å². The van der Waals surface area contributed by atoms with E-state index in [1.54, 1.807) is 12.1 Å². The smallest absolute Gasteiger partial charge is 0.418 e. The molecule has 2 aromatic carbocycles. The molecule has 1 aliphatic heterocycles. The van der Waals surface area contributed by atoms with Gasteiger partial charge in [-0.2, -0.15) is 13.2 Å². The molecular weight excluding hydrogens is 503 g/mol. The molecule has 0 saturated heterocycles. The van der Waals surface area contributed by atoms with Crippen LogP contribution in [0.15, 0.2) is 59.2 Å². The number of hydrogen-bond acceptors (Lipinski definition) is 8. The summed E-state index contributed by atoms with van der Waals surface area (Å²) in [5, 5.41) is 12.7. The van der Waals surface area contributed by atoms with Crippen LogP contribution in [0, 0.1) is 10.1 Å². The lowest BCUT2D eigenvalue weighted by Crippen LogP contribution is -2.28. The molecule has 0 spiro atoms. The zero-order valence-corrected chi connectivity index (χ0v) is 18.4. The molecule has 11 nitrogen and oxygen atoms in total. The normalized spacial score (nSPS) is 12.9. The number of carbonyl (C=O) groups is 4. The molecule has 14 heteroatoms. The number of anilines is 1. The Hall–Kier alpha value is -5.01. The second kappa shape index (κ2) is 9.56. The summed E-state index contributed by atoms with van der Waals surface area (Å²) in [5.41, 5.74) is -3.26. The number of furan rings is 1. The molecule has 0 atom stereocenters. The molecule has 0 radical (unpaired) electrons. The number of amides is 3. The number of ether oxygens (including phenoxy) is 1. The average Bonchev–Trinajstić information content (AvgIpc) is 3.44. The molecule has 3 aromatic rings. The minimum Gasteiger partial charge on any atom is -0.467 e. The van der Waals surface area contributed by atoms with Crippen LogP contribution in [0.2, 0.25) is 0 Å². The van der Waals surface area contributed by atoms with Gasteiger partial charge in [0, 0.05) is 12.1 Å². The largest absolute Gasteiger partial charge is 0.467 e. The number of halogens is 3. The first kappa shape index (κ1) is 25.1. The number of nitro benzene ring substituents is 1. The number of esters is 1. The van der Waals surface area contributed by atoms with Crippen molar-refractivity contribution in [3.8, 4) is 0 Å². The van der Waals surface area contributed by atoms with Gasteiger partial charge in [-0.05, 0) is 36.4 Å².